The Morgan fingerprint density at radius 2 is 1.71 bits per heavy atom. The van der Waals surface area contributed by atoms with Crippen molar-refractivity contribution in [3.8, 4) is 5.75 Å². The van der Waals surface area contributed by atoms with Crippen LogP contribution < -0.4 is 10.1 Å². The SMILES string of the molecule is CC(C)Oc1ccc(CNc2ccc([N+](=O)[O-])cc2[N+](=O)[O-])cc1. The Hall–Kier alpha value is -3.16. The van der Waals surface area contributed by atoms with Crippen LogP contribution in [0.15, 0.2) is 42.5 Å². The number of anilines is 1. The molecule has 126 valence electrons. The lowest BCUT2D eigenvalue weighted by Crippen LogP contribution is -2.06. The molecule has 2 aromatic carbocycles. The predicted molar refractivity (Wildman–Crippen MR) is 89.3 cm³/mol. The number of benzene rings is 2. The van der Waals surface area contributed by atoms with Crippen LogP contribution >= 0.6 is 0 Å². The zero-order chi connectivity index (χ0) is 17.7. The van der Waals surface area contributed by atoms with Crippen molar-refractivity contribution in [2.45, 2.75) is 26.5 Å². The van der Waals surface area contributed by atoms with E-state index in [0.29, 0.717) is 6.54 Å². The van der Waals surface area contributed by atoms with Gasteiger partial charge in [0, 0.05) is 12.6 Å². The van der Waals surface area contributed by atoms with E-state index in [0.717, 1.165) is 17.4 Å². The van der Waals surface area contributed by atoms with Crippen molar-refractivity contribution >= 4 is 17.1 Å². The van der Waals surface area contributed by atoms with Gasteiger partial charge in [-0.1, -0.05) is 12.1 Å². The molecule has 0 fully saturated rings. The maximum absolute atomic E-state index is 11.1. The number of nitrogens with one attached hydrogen (secondary N) is 1. The zero-order valence-electron chi connectivity index (χ0n) is 13.3. The highest BCUT2D eigenvalue weighted by Crippen LogP contribution is 2.29. The summed E-state index contributed by atoms with van der Waals surface area (Å²) in [6, 6.07) is 10.9. The fourth-order valence-electron chi connectivity index (χ4n) is 2.09. The average Bonchev–Trinajstić information content (AvgIpc) is 2.53. The molecular weight excluding hydrogens is 314 g/mol. The van der Waals surface area contributed by atoms with Gasteiger partial charge in [0.15, 0.2) is 0 Å². The Bertz CT molecular complexity index is 744. The predicted octanol–water partition coefficient (Wildman–Crippen LogP) is 3.90. The van der Waals surface area contributed by atoms with Gasteiger partial charge in [0.05, 0.1) is 22.0 Å². The molecular formula is C16H17N3O5. The fourth-order valence-corrected chi connectivity index (χ4v) is 2.09. The molecule has 0 aliphatic heterocycles. The molecule has 0 aliphatic rings. The second kappa shape index (κ2) is 7.40. The molecule has 8 heteroatoms. The van der Waals surface area contributed by atoms with Gasteiger partial charge >= 0.3 is 0 Å². The third-order valence-electron chi connectivity index (χ3n) is 3.17. The molecule has 0 aromatic heterocycles. The van der Waals surface area contributed by atoms with E-state index in [-0.39, 0.29) is 23.2 Å². The average molecular weight is 331 g/mol. The normalized spacial score (nSPS) is 10.5. The second-order valence-electron chi connectivity index (χ2n) is 5.38. The topological polar surface area (TPSA) is 108 Å². The highest BCUT2D eigenvalue weighted by atomic mass is 16.6. The van der Waals surface area contributed by atoms with Crippen LogP contribution in [-0.2, 0) is 6.54 Å². The number of rotatable bonds is 7. The summed E-state index contributed by atoms with van der Waals surface area (Å²) in [5.74, 6) is 0.745. The van der Waals surface area contributed by atoms with Crippen LogP contribution in [0.3, 0.4) is 0 Å². The lowest BCUT2D eigenvalue weighted by atomic mass is 10.2. The van der Waals surface area contributed by atoms with E-state index in [4.69, 9.17) is 4.74 Å². The lowest BCUT2D eigenvalue weighted by molar-refractivity contribution is -0.393. The van der Waals surface area contributed by atoms with Gasteiger partial charge in [-0.15, -0.1) is 0 Å². The molecule has 2 aromatic rings. The minimum absolute atomic E-state index is 0.0803. The molecule has 2 rings (SSSR count). The van der Waals surface area contributed by atoms with Crippen LogP contribution in [0.5, 0.6) is 5.75 Å². The maximum Gasteiger partial charge on any atom is 0.299 e. The molecule has 8 nitrogen and oxygen atoms in total. The van der Waals surface area contributed by atoms with Gasteiger partial charge in [-0.3, -0.25) is 20.2 Å². The van der Waals surface area contributed by atoms with Gasteiger partial charge in [-0.05, 0) is 37.6 Å². The summed E-state index contributed by atoms with van der Waals surface area (Å²) < 4.78 is 5.54. The van der Waals surface area contributed by atoms with Crippen molar-refractivity contribution in [1.82, 2.24) is 0 Å². The summed E-state index contributed by atoms with van der Waals surface area (Å²) in [5.41, 5.74) is 0.485. The number of nitrogens with zero attached hydrogens (tertiary/aromatic N) is 2. The van der Waals surface area contributed by atoms with Crippen LogP contribution in [0.2, 0.25) is 0 Å². The Morgan fingerprint density at radius 3 is 2.25 bits per heavy atom. The monoisotopic (exact) mass is 331 g/mol. The molecule has 0 heterocycles. The van der Waals surface area contributed by atoms with Crippen molar-refractivity contribution in [2.75, 3.05) is 5.32 Å². The molecule has 0 aliphatic carbocycles. The number of hydrogen-bond acceptors (Lipinski definition) is 6. The second-order valence-corrected chi connectivity index (χ2v) is 5.38. The van der Waals surface area contributed by atoms with E-state index >= 15 is 0 Å². The Kier molecular flexibility index (Phi) is 5.31. The summed E-state index contributed by atoms with van der Waals surface area (Å²) in [7, 11) is 0. The van der Waals surface area contributed by atoms with E-state index in [1.165, 1.54) is 12.1 Å². The number of non-ortho nitro benzene ring substituents is 1. The summed E-state index contributed by atoms with van der Waals surface area (Å²) >= 11 is 0. The lowest BCUT2D eigenvalue weighted by Gasteiger charge is -2.11. The van der Waals surface area contributed by atoms with E-state index < -0.39 is 9.85 Å². The largest absolute Gasteiger partial charge is 0.491 e. The van der Waals surface area contributed by atoms with Crippen LogP contribution in [0.25, 0.3) is 0 Å². The Labute approximate surface area is 138 Å². The van der Waals surface area contributed by atoms with E-state index in [2.05, 4.69) is 5.32 Å². The van der Waals surface area contributed by atoms with E-state index in [1.54, 1.807) is 0 Å². The number of nitro groups is 2. The first-order valence-corrected chi connectivity index (χ1v) is 7.29. The third kappa shape index (κ3) is 4.42. The molecule has 0 bridgehead atoms. The Morgan fingerprint density at radius 1 is 1.04 bits per heavy atom. The standard InChI is InChI=1S/C16H17N3O5/c1-11(2)24-14-6-3-12(4-7-14)10-17-15-8-5-13(18(20)21)9-16(15)19(22)23/h3-9,11,17H,10H2,1-2H3. The van der Waals surface area contributed by atoms with Crippen molar-refractivity contribution in [1.29, 1.82) is 0 Å². The van der Waals surface area contributed by atoms with Crippen molar-refractivity contribution in [2.24, 2.45) is 0 Å². The minimum atomic E-state index is -0.662. The summed E-state index contributed by atoms with van der Waals surface area (Å²) in [4.78, 5) is 20.5. The number of nitro benzene ring substituents is 2. The van der Waals surface area contributed by atoms with E-state index in [1.807, 2.05) is 38.1 Å². The molecule has 1 N–H and O–H groups in total. The first-order chi connectivity index (χ1) is 11.4. The highest BCUT2D eigenvalue weighted by Gasteiger charge is 2.19. The van der Waals surface area contributed by atoms with Gasteiger partial charge in [0.2, 0.25) is 0 Å². The molecule has 0 amide bonds. The van der Waals surface area contributed by atoms with Gasteiger partial charge < -0.3 is 10.1 Å². The number of hydrogen-bond donors (Lipinski definition) is 1. The quantitative estimate of drug-likeness (QED) is 0.609. The molecule has 0 spiro atoms. The van der Waals surface area contributed by atoms with Crippen LogP contribution in [0.1, 0.15) is 19.4 Å². The third-order valence-corrected chi connectivity index (χ3v) is 3.17. The van der Waals surface area contributed by atoms with E-state index in [9.17, 15) is 20.2 Å². The smallest absolute Gasteiger partial charge is 0.299 e. The van der Waals surface area contributed by atoms with Crippen LogP contribution in [0, 0.1) is 20.2 Å². The first kappa shape index (κ1) is 17.2. The van der Waals surface area contributed by atoms with Crippen molar-refractivity contribution in [3.05, 3.63) is 68.3 Å². The zero-order valence-corrected chi connectivity index (χ0v) is 13.3. The van der Waals surface area contributed by atoms with Crippen molar-refractivity contribution in [3.63, 3.8) is 0 Å². The highest BCUT2D eigenvalue weighted by molar-refractivity contribution is 5.65. The van der Waals surface area contributed by atoms with Gasteiger partial charge in [-0.25, -0.2) is 0 Å². The summed E-state index contributed by atoms with van der Waals surface area (Å²) in [5, 5.41) is 24.7. The maximum atomic E-state index is 11.1. The fraction of sp³-hybridized carbons (Fsp3) is 0.250. The van der Waals surface area contributed by atoms with Crippen LogP contribution in [0.4, 0.5) is 17.1 Å². The number of ether oxygens (including phenoxy) is 1. The minimum Gasteiger partial charge on any atom is -0.491 e. The Balaban J connectivity index is 2.11. The van der Waals surface area contributed by atoms with Crippen molar-refractivity contribution < 1.29 is 14.6 Å². The molecule has 0 atom stereocenters. The van der Waals surface area contributed by atoms with Gasteiger partial charge in [0.25, 0.3) is 11.4 Å². The molecule has 0 radical (unpaired) electrons. The molecule has 0 saturated carbocycles. The first-order valence-electron chi connectivity index (χ1n) is 7.29. The molecule has 24 heavy (non-hydrogen) atoms. The summed E-state index contributed by atoms with van der Waals surface area (Å²) in [6.07, 6.45) is 0.0803. The molecule has 0 saturated heterocycles. The van der Waals surface area contributed by atoms with Gasteiger partial charge in [0.1, 0.15) is 11.4 Å². The summed E-state index contributed by atoms with van der Waals surface area (Å²) in [6.45, 7) is 4.22. The van der Waals surface area contributed by atoms with Gasteiger partial charge in [-0.2, -0.15) is 0 Å². The van der Waals surface area contributed by atoms with Crippen LogP contribution in [-0.4, -0.2) is 16.0 Å². The molecule has 0 unspecified atom stereocenters.